The molecule has 0 heterocycles. The fourth-order valence-corrected chi connectivity index (χ4v) is 1.89. The van der Waals surface area contributed by atoms with Gasteiger partial charge in [0, 0.05) is 12.6 Å². The van der Waals surface area contributed by atoms with Crippen LogP contribution in [0.4, 0.5) is 4.39 Å². The quantitative estimate of drug-likeness (QED) is 0.848. The monoisotopic (exact) mass is 302 g/mol. The Bertz CT molecular complexity index is 420. The summed E-state index contributed by atoms with van der Waals surface area (Å²) in [4.78, 5) is 12.2. The second-order valence-electron chi connectivity index (χ2n) is 5.30. The minimum Gasteiger partial charge on any atom is -0.354 e. The van der Waals surface area contributed by atoms with Gasteiger partial charge in [-0.25, -0.2) is 4.39 Å². The Morgan fingerprint density at radius 1 is 1.30 bits per heavy atom. The minimum absolute atomic E-state index is 0. The van der Waals surface area contributed by atoms with Crippen LogP contribution in [0.25, 0.3) is 0 Å². The first kappa shape index (κ1) is 18.9. The molecule has 5 heteroatoms. The second kappa shape index (κ2) is 8.22. The van der Waals surface area contributed by atoms with Gasteiger partial charge in [-0.05, 0) is 45.0 Å². The number of benzene rings is 1. The fraction of sp³-hybridized carbons (Fsp3) is 0.533. The van der Waals surface area contributed by atoms with Gasteiger partial charge in [0.05, 0.1) is 5.41 Å². The molecule has 0 spiro atoms. The van der Waals surface area contributed by atoms with Crippen molar-refractivity contribution in [1.82, 2.24) is 10.6 Å². The zero-order valence-electron chi connectivity index (χ0n) is 12.5. The van der Waals surface area contributed by atoms with E-state index in [0.29, 0.717) is 6.54 Å². The van der Waals surface area contributed by atoms with E-state index in [1.807, 2.05) is 27.7 Å². The topological polar surface area (TPSA) is 41.1 Å². The van der Waals surface area contributed by atoms with E-state index in [0.717, 1.165) is 12.1 Å². The zero-order valence-corrected chi connectivity index (χ0v) is 13.3. The summed E-state index contributed by atoms with van der Waals surface area (Å²) in [7, 11) is 0. The highest BCUT2D eigenvalue weighted by Crippen LogP contribution is 2.23. The van der Waals surface area contributed by atoms with Crippen molar-refractivity contribution < 1.29 is 9.18 Å². The van der Waals surface area contributed by atoms with Crippen LogP contribution in [0.15, 0.2) is 24.3 Å². The van der Waals surface area contributed by atoms with Crippen molar-refractivity contribution in [3.8, 4) is 0 Å². The fourth-order valence-electron chi connectivity index (χ4n) is 1.89. The molecule has 1 atom stereocenters. The molecule has 0 aliphatic rings. The van der Waals surface area contributed by atoms with E-state index in [1.54, 1.807) is 12.1 Å². The molecule has 1 aromatic carbocycles. The third-order valence-corrected chi connectivity index (χ3v) is 3.25. The minimum atomic E-state index is -0.667. The van der Waals surface area contributed by atoms with Crippen molar-refractivity contribution >= 4 is 18.3 Å². The van der Waals surface area contributed by atoms with Crippen molar-refractivity contribution in [3.05, 3.63) is 35.6 Å². The highest BCUT2D eigenvalue weighted by Gasteiger charge is 2.29. The maximum absolute atomic E-state index is 12.9. The summed E-state index contributed by atoms with van der Waals surface area (Å²) in [6, 6.07) is 6.31. The Kier molecular flexibility index (Phi) is 7.76. The molecule has 0 radical (unpaired) electrons. The number of hydrogen-bond acceptors (Lipinski definition) is 2. The van der Waals surface area contributed by atoms with Gasteiger partial charge in [-0.1, -0.05) is 19.1 Å². The molecule has 3 nitrogen and oxygen atoms in total. The van der Waals surface area contributed by atoms with Gasteiger partial charge in [0.15, 0.2) is 0 Å². The summed E-state index contributed by atoms with van der Waals surface area (Å²) in [5.74, 6) is -0.343. The van der Waals surface area contributed by atoms with Gasteiger partial charge in [0.2, 0.25) is 5.91 Å². The van der Waals surface area contributed by atoms with Crippen LogP contribution in [0, 0.1) is 5.82 Å². The van der Waals surface area contributed by atoms with Gasteiger partial charge in [0.25, 0.3) is 0 Å². The molecule has 1 rings (SSSR count). The van der Waals surface area contributed by atoms with E-state index < -0.39 is 5.41 Å². The molecule has 0 fully saturated rings. The first-order valence-corrected chi connectivity index (χ1v) is 6.65. The smallest absolute Gasteiger partial charge is 0.230 e. The first-order chi connectivity index (χ1) is 8.87. The van der Waals surface area contributed by atoms with E-state index in [-0.39, 0.29) is 30.2 Å². The average molecular weight is 303 g/mol. The molecular formula is C15H24ClFN2O. The molecular weight excluding hydrogens is 279 g/mol. The number of carbonyl (C=O) groups excluding carboxylic acids is 1. The van der Waals surface area contributed by atoms with Crippen molar-refractivity contribution in [1.29, 1.82) is 0 Å². The summed E-state index contributed by atoms with van der Waals surface area (Å²) in [5, 5.41) is 6.16. The number of rotatable bonds is 6. The van der Waals surface area contributed by atoms with E-state index in [1.165, 1.54) is 12.1 Å². The Morgan fingerprint density at radius 2 is 1.85 bits per heavy atom. The molecule has 0 aliphatic heterocycles. The lowest BCUT2D eigenvalue weighted by Crippen LogP contribution is -2.45. The SMILES string of the molecule is CCN[C@H](C)CNC(=O)C(C)(C)c1ccc(F)cc1.Cl. The number of hydrogen-bond donors (Lipinski definition) is 2. The lowest BCUT2D eigenvalue weighted by atomic mass is 9.83. The van der Waals surface area contributed by atoms with Crippen molar-refractivity contribution in [3.63, 3.8) is 0 Å². The predicted octanol–water partition coefficient (Wildman–Crippen LogP) is 2.64. The van der Waals surface area contributed by atoms with E-state index >= 15 is 0 Å². The molecule has 0 aliphatic carbocycles. The van der Waals surface area contributed by atoms with Crippen LogP contribution >= 0.6 is 12.4 Å². The van der Waals surface area contributed by atoms with Crippen LogP contribution in [0.2, 0.25) is 0 Å². The van der Waals surface area contributed by atoms with Crippen LogP contribution in [-0.4, -0.2) is 25.0 Å². The summed E-state index contributed by atoms with van der Waals surface area (Å²) in [6.45, 7) is 9.19. The van der Waals surface area contributed by atoms with Crippen LogP contribution in [-0.2, 0) is 10.2 Å². The average Bonchev–Trinajstić information content (AvgIpc) is 2.36. The standard InChI is InChI=1S/C15H23FN2O.ClH/c1-5-17-11(2)10-18-14(19)15(3,4)12-6-8-13(16)9-7-12;/h6-9,11,17H,5,10H2,1-4H3,(H,18,19);1H/t11-;/m1./s1. The molecule has 0 saturated carbocycles. The Balaban J connectivity index is 0.00000361. The molecule has 2 N–H and O–H groups in total. The largest absolute Gasteiger partial charge is 0.354 e. The van der Waals surface area contributed by atoms with Crippen LogP contribution in [0.1, 0.15) is 33.3 Å². The number of likely N-dealkylation sites (N-methyl/N-ethyl adjacent to an activating group) is 1. The van der Waals surface area contributed by atoms with Gasteiger partial charge < -0.3 is 10.6 Å². The third-order valence-electron chi connectivity index (χ3n) is 3.25. The van der Waals surface area contributed by atoms with Gasteiger partial charge in [-0.2, -0.15) is 0 Å². The predicted molar refractivity (Wildman–Crippen MR) is 82.8 cm³/mol. The number of carbonyl (C=O) groups is 1. The molecule has 114 valence electrons. The molecule has 20 heavy (non-hydrogen) atoms. The first-order valence-electron chi connectivity index (χ1n) is 6.65. The van der Waals surface area contributed by atoms with Gasteiger partial charge in [0.1, 0.15) is 5.82 Å². The van der Waals surface area contributed by atoms with E-state index in [9.17, 15) is 9.18 Å². The molecule has 0 aromatic heterocycles. The lowest BCUT2D eigenvalue weighted by molar-refractivity contribution is -0.125. The Labute approximate surface area is 126 Å². The molecule has 1 amide bonds. The van der Waals surface area contributed by atoms with Gasteiger partial charge >= 0.3 is 0 Å². The Hall–Kier alpha value is -1.13. The second-order valence-corrected chi connectivity index (χ2v) is 5.30. The van der Waals surface area contributed by atoms with Crippen LogP contribution < -0.4 is 10.6 Å². The van der Waals surface area contributed by atoms with Crippen molar-refractivity contribution in [2.45, 2.75) is 39.2 Å². The summed E-state index contributed by atoms with van der Waals surface area (Å²) < 4.78 is 12.9. The normalized spacial score (nSPS) is 12.4. The summed E-state index contributed by atoms with van der Waals surface area (Å²) in [6.07, 6.45) is 0. The van der Waals surface area contributed by atoms with Crippen molar-refractivity contribution in [2.75, 3.05) is 13.1 Å². The van der Waals surface area contributed by atoms with Crippen LogP contribution in [0.3, 0.4) is 0 Å². The maximum Gasteiger partial charge on any atom is 0.230 e. The molecule has 0 unspecified atom stereocenters. The number of amides is 1. The highest BCUT2D eigenvalue weighted by molar-refractivity contribution is 5.87. The Morgan fingerprint density at radius 3 is 2.35 bits per heavy atom. The van der Waals surface area contributed by atoms with Crippen LogP contribution in [0.5, 0.6) is 0 Å². The zero-order chi connectivity index (χ0) is 14.5. The van der Waals surface area contributed by atoms with E-state index in [2.05, 4.69) is 10.6 Å². The molecule has 0 saturated heterocycles. The van der Waals surface area contributed by atoms with Gasteiger partial charge in [-0.15, -0.1) is 12.4 Å². The highest BCUT2D eigenvalue weighted by atomic mass is 35.5. The van der Waals surface area contributed by atoms with Crippen molar-refractivity contribution in [2.24, 2.45) is 0 Å². The molecule has 1 aromatic rings. The molecule has 0 bridgehead atoms. The lowest BCUT2D eigenvalue weighted by Gasteiger charge is -2.25. The van der Waals surface area contributed by atoms with Gasteiger partial charge in [-0.3, -0.25) is 4.79 Å². The summed E-state index contributed by atoms with van der Waals surface area (Å²) in [5.41, 5.74) is 0.141. The summed E-state index contributed by atoms with van der Waals surface area (Å²) >= 11 is 0. The van der Waals surface area contributed by atoms with E-state index in [4.69, 9.17) is 0 Å². The maximum atomic E-state index is 12.9. The number of nitrogens with one attached hydrogen (secondary N) is 2. The number of halogens is 2. The third kappa shape index (κ3) is 5.10.